The first-order valence-corrected chi connectivity index (χ1v) is 13.1. The highest BCUT2D eigenvalue weighted by Crippen LogP contribution is 2.44. The second-order valence-electron chi connectivity index (χ2n) is 9.97. The van der Waals surface area contributed by atoms with E-state index in [4.69, 9.17) is 9.47 Å². The number of alkyl halides is 3. The van der Waals surface area contributed by atoms with E-state index in [1.54, 1.807) is 24.3 Å². The lowest BCUT2D eigenvalue weighted by molar-refractivity contribution is -0.384. The van der Waals surface area contributed by atoms with Gasteiger partial charge in [-0.2, -0.15) is 13.2 Å². The number of nitro benzene ring substituents is 1. The molecule has 43 heavy (non-hydrogen) atoms. The maximum Gasteiger partial charge on any atom is 0.431 e. The second kappa shape index (κ2) is 14.2. The molecule has 2 aromatic carbocycles. The highest BCUT2D eigenvalue weighted by atomic mass is 19.4. The number of non-ortho nitro benzene ring substituents is 1. The Hall–Kier alpha value is -4.43. The molecular weight excluding hydrogens is 575 g/mol. The molecule has 14 heteroatoms. The smallest absolute Gasteiger partial charge is 0.431 e. The zero-order valence-corrected chi connectivity index (χ0v) is 23.9. The van der Waals surface area contributed by atoms with Gasteiger partial charge in [0.05, 0.1) is 29.1 Å². The summed E-state index contributed by atoms with van der Waals surface area (Å²) in [4.78, 5) is 36.8. The molecule has 1 aliphatic heterocycles. The summed E-state index contributed by atoms with van der Waals surface area (Å²) in [5, 5.41) is 26.6. The first-order chi connectivity index (χ1) is 20.2. The number of hydrogen-bond acceptors (Lipinski definition) is 10. The second-order valence-corrected chi connectivity index (χ2v) is 9.97. The van der Waals surface area contributed by atoms with Crippen LogP contribution in [0.5, 0.6) is 5.75 Å². The molecule has 0 aliphatic carbocycles. The highest BCUT2D eigenvalue weighted by molar-refractivity contribution is 6.00. The average Bonchev–Trinajstić information content (AvgIpc) is 2.96. The van der Waals surface area contributed by atoms with Gasteiger partial charge in [-0.15, -0.1) is 0 Å². The monoisotopic (exact) mass is 607 g/mol. The molecule has 11 nitrogen and oxygen atoms in total. The molecule has 0 amide bonds. The molecule has 0 saturated carbocycles. The van der Waals surface area contributed by atoms with E-state index in [1.807, 2.05) is 13.8 Å². The lowest BCUT2D eigenvalue weighted by atomic mass is 9.80. The van der Waals surface area contributed by atoms with Gasteiger partial charge < -0.3 is 30.0 Å². The van der Waals surface area contributed by atoms with Gasteiger partial charge in [0, 0.05) is 30.4 Å². The first-order valence-electron chi connectivity index (χ1n) is 13.1. The molecule has 232 valence electrons. The SMILES string of the molecule is COC(=O)C1=C(C(F)(F)F)NC(C)=C(C(=O)OCc2ccc(OCC(O)CNC(C)C)cc2)C1c1cccc([N+](=O)[O-])c1. The van der Waals surface area contributed by atoms with Crippen LogP contribution in [0.4, 0.5) is 18.9 Å². The van der Waals surface area contributed by atoms with Crippen molar-refractivity contribution in [2.75, 3.05) is 20.3 Å². The summed E-state index contributed by atoms with van der Waals surface area (Å²) >= 11 is 0. The van der Waals surface area contributed by atoms with E-state index in [0.717, 1.165) is 19.2 Å². The van der Waals surface area contributed by atoms with E-state index in [9.17, 15) is 38.0 Å². The zero-order chi connectivity index (χ0) is 31.9. The molecule has 2 aromatic rings. The lowest BCUT2D eigenvalue weighted by Gasteiger charge is -2.31. The number of halogens is 3. The maximum atomic E-state index is 14.1. The van der Waals surface area contributed by atoms with Crippen LogP contribution in [0.15, 0.2) is 71.1 Å². The number of nitro groups is 1. The summed E-state index contributed by atoms with van der Waals surface area (Å²) in [6, 6.07) is 11.2. The molecule has 3 N–H and O–H groups in total. The molecular formula is C29H32F3N3O8. The number of carbonyl (C=O) groups excluding carboxylic acids is 2. The Morgan fingerprint density at radius 2 is 1.79 bits per heavy atom. The fourth-order valence-electron chi connectivity index (χ4n) is 4.33. The minimum atomic E-state index is -5.05. The minimum Gasteiger partial charge on any atom is -0.491 e. The number of aliphatic hydroxyl groups excluding tert-OH is 1. The van der Waals surface area contributed by atoms with Crippen LogP contribution in [-0.2, 0) is 25.7 Å². The Morgan fingerprint density at radius 3 is 2.37 bits per heavy atom. The van der Waals surface area contributed by atoms with Crippen molar-refractivity contribution in [3.05, 3.63) is 92.3 Å². The van der Waals surface area contributed by atoms with Gasteiger partial charge in [-0.3, -0.25) is 10.1 Å². The van der Waals surface area contributed by atoms with Gasteiger partial charge >= 0.3 is 18.1 Å². The predicted molar refractivity (Wildman–Crippen MR) is 148 cm³/mol. The number of rotatable bonds is 12. The highest BCUT2D eigenvalue weighted by Gasteiger charge is 2.47. The first kappa shape index (κ1) is 33.1. The third-order valence-corrected chi connectivity index (χ3v) is 6.38. The number of esters is 2. The molecule has 0 bridgehead atoms. The molecule has 0 spiro atoms. The Bertz CT molecular complexity index is 1400. The van der Waals surface area contributed by atoms with Gasteiger partial charge in [-0.1, -0.05) is 38.1 Å². The number of carbonyl (C=O) groups is 2. The summed E-state index contributed by atoms with van der Waals surface area (Å²) in [6.07, 6.45) is -5.78. The van der Waals surface area contributed by atoms with Gasteiger partial charge in [0.1, 0.15) is 30.8 Å². The van der Waals surface area contributed by atoms with Crippen LogP contribution in [0.25, 0.3) is 0 Å². The van der Waals surface area contributed by atoms with Crippen molar-refractivity contribution in [2.24, 2.45) is 0 Å². The molecule has 0 fully saturated rings. The number of methoxy groups -OCH3 is 1. The standard InChI is InChI=1S/C29H32F3N3O8/c1-16(2)33-13-21(36)15-42-22-10-8-18(9-11-22)14-43-28(38)23-17(3)34-26(29(30,31)32)25(27(37)41-4)24(23)19-6-5-7-20(12-19)35(39)40/h5-12,16,21,24,33-34,36H,13-15H2,1-4H3. The Morgan fingerprint density at radius 1 is 1.12 bits per heavy atom. The van der Waals surface area contributed by atoms with E-state index < -0.39 is 52.0 Å². The van der Waals surface area contributed by atoms with Gasteiger partial charge in [0.2, 0.25) is 0 Å². The number of benzene rings is 2. The fourth-order valence-corrected chi connectivity index (χ4v) is 4.33. The molecule has 0 radical (unpaired) electrons. The quantitative estimate of drug-likeness (QED) is 0.183. The molecule has 2 atom stereocenters. The van der Waals surface area contributed by atoms with Crippen molar-refractivity contribution < 1.29 is 47.0 Å². The van der Waals surface area contributed by atoms with Crippen LogP contribution in [0, 0.1) is 10.1 Å². The molecule has 0 aromatic heterocycles. The van der Waals surface area contributed by atoms with Crippen LogP contribution in [0.2, 0.25) is 0 Å². The topological polar surface area (TPSA) is 149 Å². The normalized spacial score (nSPS) is 16.1. The Labute approximate surface area is 245 Å². The van der Waals surface area contributed by atoms with Crippen LogP contribution >= 0.6 is 0 Å². The van der Waals surface area contributed by atoms with Crippen molar-refractivity contribution in [1.82, 2.24) is 10.6 Å². The summed E-state index contributed by atoms with van der Waals surface area (Å²) in [7, 11) is 0.883. The number of dihydropyridines is 1. The minimum absolute atomic E-state index is 0.0451. The van der Waals surface area contributed by atoms with Crippen molar-refractivity contribution in [3.63, 3.8) is 0 Å². The van der Waals surface area contributed by atoms with Crippen molar-refractivity contribution in [2.45, 2.75) is 51.6 Å². The molecule has 1 heterocycles. The van der Waals surface area contributed by atoms with Crippen LogP contribution in [-0.4, -0.2) is 60.6 Å². The van der Waals surface area contributed by atoms with Gasteiger partial charge in [0.15, 0.2) is 0 Å². The fraction of sp³-hybridized carbons (Fsp3) is 0.379. The maximum absolute atomic E-state index is 14.1. The van der Waals surface area contributed by atoms with Gasteiger partial charge in [-0.05, 0) is 30.2 Å². The largest absolute Gasteiger partial charge is 0.491 e. The zero-order valence-electron chi connectivity index (χ0n) is 23.9. The van der Waals surface area contributed by atoms with Crippen LogP contribution < -0.4 is 15.4 Å². The van der Waals surface area contributed by atoms with E-state index >= 15 is 0 Å². The molecule has 0 saturated heterocycles. The molecule has 3 rings (SSSR count). The third kappa shape index (κ3) is 8.55. The number of aliphatic hydroxyl groups is 1. The van der Waals surface area contributed by atoms with Crippen LogP contribution in [0.3, 0.4) is 0 Å². The summed E-state index contributed by atoms with van der Waals surface area (Å²) in [5.41, 5.74) is -3.06. The number of ether oxygens (including phenoxy) is 3. The molecule has 1 aliphatic rings. The van der Waals surface area contributed by atoms with E-state index in [-0.39, 0.29) is 36.1 Å². The van der Waals surface area contributed by atoms with Gasteiger partial charge in [-0.25, -0.2) is 9.59 Å². The predicted octanol–water partition coefficient (Wildman–Crippen LogP) is 4.03. The van der Waals surface area contributed by atoms with Crippen molar-refractivity contribution in [1.29, 1.82) is 0 Å². The lowest BCUT2D eigenvalue weighted by Crippen LogP contribution is -2.38. The number of nitrogens with one attached hydrogen (secondary N) is 2. The summed E-state index contributed by atoms with van der Waals surface area (Å²) < 4.78 is 57.8. The summed E-state index contributed by atoms with van der Waals surface area (Å²) in [6.45, 7) is 5.21. The van der Waals surface area contributed by atoms with Crippen molar-refractivity contribution in [3.8, 4) is 5.75 Å². The number of allylic oxidation sites excluding steroid dienone is 2. The molecule has 2 unspecified atom stereocenters. The number of hydrogen-bond donors (Lipinski definition) is 3. The Balaban J connectivity index is 1.86. The van der Waals surface area contributed by atoms with Crippen molar-refractivity contribution >= 4 is 17.6 Å². The van der Waals surface area contributed by atoms with E-state index in [0.29, 0.717) is 17.9 Å². The third-order valence-electron chi connectivity index (χ3n) is 6.38. The van der Waals surface area contributed by atoms with E-state index in [2.05, 4.69) is 15.4 Å². The Kier molecular flexibility index (Phi) is 10.9. The average molecular weight is 608 g/mol. The number of nitrogens with zero attached hydrogens (tertiary/aromatic N) is 1. The van der Waals surface area contributed by atoms with E-state index in [1.165, 1.54) is 19.1 Å². The van der Waals surface area contributed by atoms with Gasteiger partial charge in [0.25, 0.3) is 5.69 Å². The van der Waals surface area contributed by atoms with Crippen LogP contribution in [0.1, 0.15) is 37.8 Å². The summed E-state index contributed by atoms with van der Waals surface area (Å²) in [5.74, 6) is -3.67.